The Bertz CT molecular complexity index is 650. The van der Waals surface area contributed by atoms with Crippen molar-refractivity contribution >= 4 is 28.9 Å². The zero-order valence-corrected chi connectivity index (χ0v) is 13.8. The zero-order valence-electron chi connectivity index (χ0n) is 12.3. The van der Waals surface area contributed by atoms with Crippen LogP contribution in [0.4, 0.5) is 5.69 Å². The van der Waals surface area contributed by atoms with Gasteiger partial charge < -0.3 is 15.0 Å². The summed E-state index contributed by atoms with van der Waals surface area (Å²) >= 11 is 12.2. The number of nitrogen functional groups attached to an aromatic ring is 1. The van der Waals surface area contributed by atoms with Crippen molar-refractivity contribution in [3.05, 3.63) is 28.0 Å². The first-order valence-corrected chi connectivity index (χ1v) is 7.11. The molecule has 0 aliphatic carbocycles. The average Bonchev–Trinajstić information content (AvgIpc) is 2.83. The van der Waals surface area contributed by atoms with Crippen molar-refractivity contribution in [2.75, 3.05) is 12.8 Å². The Kier molecular flexibility index (Phi) is 4.46. The summed E-state index contributed by atoms with van der Waals surface area (Å²) in [6.45, 7) is 6.08. The fourth-order valence-electron chi connectivity index (χ4n) is 2.07. The molecule has 0 aliphatic heterocycles. The van der Waals surface area contributed by atoms with E-state index in [1.54, 1.807) is 19.2 Å². The number of aromatic nitrogens is 2. The predicted molar refractivity (Wildman–Crippen MR) is 83.4 cm³/mol. The summed E-state index contributed by atoms with van der Waals surface area (Å²) in [4.78, 5) is 4.36. The standard InChI is InChI=1S/C14H17Cl2N3O2/c1-14(2,3)11(20-4)12-18-13(21-19-12)9-7(15)5-6-8(16)10(9)17/h5-6,11H,17H2,1-4H3. The van der Waals surface area contributed by atoms with E-state index in [-0.39, 0.29) is 17.4 Å². The lowest BCUT2D eigenvalue weighted by molar-refractivity contribution is 0.00718. The Morgan fingerprint density at radius 1 is 1.24 bits per heavy atom. The molecule has 1 heterocycles. The lowest BCUT2D eigenvalue weighted by atomic mass is 9.88. The van der Waals surface area contributed by atoms with E-state index in [9.17, 15) is 0 Å². The van der Waals surface area contributed by atoms with Crippen LogP contribution in [0, 0.1) is 5.41 Å². The van der Waals surface area contributed by atoms with Gasteiger partial charge in [0.1, 0.15) is 6.10 Å². The topological polar surface area (TPSA) is 74.2 Å². The second-order valence-electron chi connectivity index (χ2n) is 5.76. The lowest BCUT2D eigenvalue weighted by Gasteiger charge is -2.26. The van der Waals surface area contributed by atoms with Gasteiger partial charge in [0, 0.05) is 7.11 Å². The Morgan fingerprint density at radius 2 is 1.86 bits per heavy atom. The van der Waals surface area contributed by atoms with E-state index in [0.29, 0.717) is 27.1 Å². The molecule has 1 aromatic carbocycles. The molecule has 0 spiro atoms. The lowest BCUT2D eigenvalue weighted by Crippen LogP contribution is -2.21. The number of benzene rings is 1. The maximum Gasteiger partial charge on any atom is 0.261 e. The summed E-state index contributed by atoms with van der Waals surface area (Å²) in [6, 6.07) is 3.25. The molecule has 0 amide bonds. The fraction of sp³-hybridized carbons (Fsp3) is 0.429. The zero-order chi connectivity index (χ0) is 15.8. The summed E-state index contributed by atoms with van der Waals surface area (Å²) < 4.78 is 10.7. The maximum atomic E-state index is 6.15. The second kappa shape index (κ2) is 5.83. The molecular weight excluding hydrogens is 313 g/mol. The van der Waals surface area contributed by atoms with Crippen LogP contribution in [0.5, 0.6) is 0 Å². The van der Waals surface area contributed by atoms with Crippen LogP contribution in [0.2, 0.25) is 10.0 Å². The highest BCUT2D eigenvalue weighted by atomic mass is 35.5. The van der Waals surface area contributed by atoms with Gasteiger partial charge in [0.05, 0.1) is 21.3 Å². The van der Waals surface area contributed by atoms with Crippen LogP contribution in [0.15, 0.2) is 16.7 Å². The summed E-state index contributed by atoms with van der Waals surface area (Å²) in [6.07, 6.45) is -0.311. The molecule has 0 fully saturated rings. The van der Waals surface area contributed by atoms with Gasteiger partial charge >= 0.3 is 0 Å². The summed E-state index contributed by atoms with van der Waals surface area (Å²) in [7, 11) is 1.60. The van der Waals surface area contributed by atoms with Gasteiger partial charge in [-0.05, 0) is 17.5 Å². The molecule has 0 saturated heterocycles. The molecule has 0 radical (unpaired) electrons. The molecular formula is C14H17Cl2N3O2. The first kappa shape index (κ1) is 16.1. The van der Waals surface area contributed by atoms with E-state index < -0.39 is 0 Å². The van der Waals surface area contributed by atoms with E-state index in [4.69, 9.17) is 38.2 Å². The quantitative estimate of drug-likeness (QED) is 0.847. The molecule has 2 aromatic rings. The minimum absolute atomic E-state index is 0.181. The van der Waals surface area contributed by atoms with Crippen molar-refractivity contribution < 1.29 is 9.26 Å². The molecule has 114 valence electrons. The van der Waals surface area contributed by atoms with Gasteiger partial charge in [0.25, 0.3) is 5.89 Å². The number of nitrogens with two attached hydrogens (primary N) is 1. The van der Waals surface area contributed by atoms with Gasteiger partial charge in [-0.15, -0.1) is 0 Å². The fourth-order valence-corrected chi connectivity index (χ4v) is 2.48. The monoisotopic (exact) mass is 329 g/mol. The van der Waals surface area contributed by atoms with E-state index in [1.807, 2.05) is 20.8 Å². The number of hydrogen-bond acceptors (Lipinski definition) is 5. The Balaban J connectivity index is 2.48. The largest absolute Gasteiger partial charge is 0.397 e. The Hall–Kier alpha value is -1.30. The van der Waals surface area contributed by atoms with Crippen LogP contribution in [0.3, 0.4) is 0 Å². The minimum Gasteiger partial charge on any atom is -0.397 e. The van der Waals surface area contributed by atoms with E-state index in [1.165, 1.54) is 0 Å². The molecule has 2 N–H and O–H groups in total. The molecule has 0 aliphatic rings. The average molecular weight is 330 g/mol. The van der Waals surface area contributed by atoms with Gasteiger partial charge in [-0.1, -0.05) is 49.1 Å². The van der Waals surface area contributed by atoms with Gasteiger partial charge in [0.15, 0.2) is 0 Å². The number of ether oxygens (including phenoxy) is 1. The first-order valence-electron chi connectivity index (χ1n) is 6.36. The van der Waals surface area contributed by atoms with Crippen LogP contribution in [0.1, 0.15) is 32.7 Å². The van der Waals surface area contributed by atoms with Crippen molar-refractivity contribution in [1.82, 2.24) is 10.1 Å². The summed E-state index contributed by atoms with van der Waals surface area (Å²) in [5.41, 5.74) is 6.51. The highest BCUT2D eigenvalue weighted by molar-refractivity contribution is 6.37. The first-order chi connectivity index (χ1) is 9.75. The van der Waals surface area contributed by atoms with Crippen LogP contribution in [0.25, 0.3) is 11.5 Å². The Morgan fingerprint density at radius 3 is 2.43 bits per heavy atom. The van der Waals surface area contributed by atoms with Crippen LogP contribution in [-0.4, -0.2) is 17.3 Å². The second-order valence-corrected chi connectivity index (χ2v) is 6.57. The third kappa shape index (κ3) is 3.15. The molecule has 5 nitrogen and oxygen atoms in total. The highest BCUT2D eigenvalue weighted by Gasteiger charge is 2.31. The van der Waals surface area contributed by atoms with Crippen LogP contribution in [-0.2, 0) is 4.74 Å². The van der Waals surface area contributed by atoms with Crippen molar-refractivity contribution in [3.63, 3.8) is 0 Å². The van der Waals surface area contributed by atoms with Crippen molar-refractivity contribution in [2.24, 2.45) is 5.41 Å². The molecule has 0 saturated carbocycles. The molecule has 7 heteroatoms. The molecule has 1 unspecified atom stereocenters. The highest BCUT2D eigenvalue weighted by Crippen LogP contribution is 2.39. The number of nitrogens with zero attached hydrogens (tertiary/aromatic N) is 2. The van der Waals surface area contributed by atoms with E-state index in [0.717, 1.165) is 0 Å². The number of rotatable bonds is 3. The van der Waals surface area contributed by atoms with E-state index >= 15 is 0 Å². The van der Waals surface area contributed by atoms with Gasteiger partial charge in [-0.3, -0.25) is 0 Å². The SMILES string of the molecule is COC(c1noc(-c2c(Cl)ccc(Cl)c2N)n1)C(C)(C)C. The Labute approximate surface area is 133 Å². The number of methoxy groups -OCH3 is 1. The van der Waals surface area contributed by atoms with Gasteiger partial charge in [-0.25, -0.2) is 0 Å². The van der Waals surface area contributed by atoms with Crippen LogP contribution < -0.4 is 5.73 Å². The smallest absolute Gasteiger partial charge is 0.261 e. The normalized spacial score (nSPS) is 13.4. The molecule has 1 aromatic heterocycles. The third-order valence-corrected chi connectivity index (χ3v) is 3.70. The van der Waals surface area contributed by atoms with Gasteiger partial charge in [-0.2, -0.15) is 4.98 Å². The number of anilines is 1. The molecule has 1 atom stereocenters. The molecule has 2 rings (SSSR count). The van der Waals surface area contributed by atoms with Gasteiger partial charge in [0.2, 0.25) is 5.82 Å². The minimum atomic E-state index is -0.311. The van der Waals surface area contributed by atoms with Crippen molar-refractivity contribution in [3.8, 4) is 11.5 Å². The number of halogens is 2. The summed E-state index contributed by atoms with van der Waals surface area (Å²) in [5, 5.41) is 4.76. The number of hydrogen-bond donors (Lipinski definition) is 1. The van der Waals surface area contributed by atoms with Crippen LogP contribution >= 0.6 is 23.2 Å². The molecule has 0 bridgehead atoms. The maximum absolute atomic E-state index is 6.15. The van der Waals surface area contributed by atoms with Crippen molar-refractivity contribution in [2.45, 2.75) is 26.9 Å². The third-order valence-electron chi connectivity index (χ3n) is 3.05. The van der Waals surface area contributed by atoms with Crippen molar-refractivity contribution in [1.29, 1.82) is 0 Å². The summed E-state index contributed by atoms with van der Waals surface area (Å²) in [5.74, 6) is 0.664. The molecule has 21 heavy (non-hydrogen) atoms. The predicted octanol–water partition coefficient (Wildman–Crippen LogP) is 4.36. The van der Waals surface area contributed by atoms with E-state index in [2.05, 4.69) is 10.1 Å².